The molecule has 1 heterocycles. The first kappa shape index (κ1) is 19.1. The quantitative estimate of drug-likeness (QED) is 0.491. The molecular weight excluding hydrogens is 384 g/mol. The molecular formula is C20H17ClN2O3S. The van der Waals surface area contributed by atoms with Gasteiger partial charge in [0.1, 0.15) is 5.01 Å². The van der Waals surface area contributed by atoms with Gasteiger partial charge in [-0.25, -0.2) is 9.78 Å². The van der Waals surface area contributed by atoms with Gasteiger partial charge >= 0.3 is 5.97 Å². The molecule has 138 valence electrons. The summed E-state index contributed by atoms with van der Waals surface area (Å²) in [5.74, 6) is -1.04. The van der Waals surface area contributed by atoms with Gasteiger partial charge in [0, 0.05) is 16.8 Å². The number of benzene rings is 2. The SMILES string of the molecule is Cc1ccc(Cl)cc1NC(=O)[C@@H](C)OC(=O)/C=C/c1nc2ccccc2s1. The van der Waals surface area contributed by atoms with Crippen LogP contribution in [0.3, 0.4) is 0 Å². The van der Waals surface area contributed by atoms with Crippen LogP contribution in [0.4, 0.5) is 5.69 Å². The number of hydrogen-bond acceptors (Lipinski definition) is 5. The van der Waals surface area contributed by atoms with Crippen molar-refractivity contribution in [3.8, 4) is 0 Å². The second kappa shape index (κ2) is 8.33. The molecule has 0 radical (unpaired) electrons. The monoisotopic (exact) mass is 400 g/mol. The van der Waals surface area contributed by atoms with Gasteiger partial charge < -0.3 is 10.1 Å². The highest BCUT2D eigenvalue weighted by Gasteiger charge is 2.17. The number of anilines is 1. The van der Waals surface area contributed by atoms with Crippen LogP contribution >= 0.6 is 22.9 Å². The summed E-state index contributed by atoms with van der Waals surface area (Å²) < 4.78 is 6.19. The number of rotatable bonds is 5. The van der Waals surface area contributed by atoms with E-state index < -0.39 is 18.0 Å². The highest BCUT2D eigenvalue weighted by atomic mass is 35.5. The number of para-hydroxylation sites is 1. The van der Waals surface area contributed by atoms with Gasteiger partial charge in [-0.1, -0.05) is 29.8 Å². The highest BCUT2D eigenvalue weighted by molar-refractivity contribution is 7.19. The maximum Gasteiger partial charge on any atom is 0.331 e. The lowest BCUT2D eigenvalue weighted by Gasteiger charge is -2.14. The second-order valence-electron chi connectivity index (χ2n) is 5.88. The van der Waals surface area contributed by atoms with Crippen molar-refractivity contribution in [2.75, 3.05) is 5.32 Å². The molecule has 0 saturated heterocycles. The van der Waals surface area contributed by atoms with Crippen LogP contribution in [0.5, 0.6) is 0 Å². The minimum Gasteiger partial charge on any atom is -0.449 e. The van der Waals surface area contributed by atoms with Gasteiger partial charge in [0.25, 0.3) is 5.91 Å². The van der Waals surface area contributed by atoms with Crippen molar-refractivity contribution >= 4 is 56.8 Å². The van der Waals surface area contributed by atoms with Crippen LogP contribution in [-0.2, 0) is 14.3 Å². The van der Waals surface area contributed by atoms with Crippen molar-refractivity contribution in [2.45, 2.75) is 20.0 Å². The van der Waals surface area contributed by atoms with Crippen LogP contribution in [-0.4, -0.2) is 23.0 Å². The summed E-state index contributed by atoms with van der Waals surface area (Å²) in [5.41, 5.74) is 2.32. The fraction of sp³-hybridized carbons (Fsp3) is 0.150. The smallest absolute Gasteiger partial charge is 0.331 e. The molecule has 1 amide bonds. The van der Waals surface area contributed by atoms with Gasteiger partial charge in [0.2, 0.25) is 0 Å². The lowest BCUT2D eigenvalue weighted by atomic mass is 10.2. The van der Waals surface area contributed by atoms with Crippen molar-refractivity contribution in [3.05, 3.63) is 64.1 Å². The van der Waals surface area contributed by atoms with Gasteiger partial charge in [-0.3, -0.25) is 4.79 Å². The first-order valence-corrected chi connectivity index (χ1v) is 9.43. The van der Waals surface area contributed by atoms with Crippen molar-refractivity contribution in [3.63, 3.8) is 0 Å². The number of hydrogen-bond donors (Lipinski definition) is 1. The van der Waals surface area contributed by atoms with E-state index in [4.69, 9.17) is 16.3 Å². The van der Waals surface area contributed by atoms with Crippen LogP contribution in [0.1, 0.15) is 17.5 Å². The number of nitrogens with zero attached hydrogens (tertiary/aromatic N) is 1. The van der Waals surface area contributed by atoms with Crippen molar-refractivity contribution in [1.29, 1.82) is 0 Å². The van der Waals surface area contributed by atoms with Gasteiger partial charge in [0.05, 0.1) is 10.2 Å². The molecule has 27 heavy (non-hydrogen) atoms. The first-order valence-electron chi connectivity index (χ1n) is 8.23. The third-order valence-electron chi connectivity index (χ3n) is 3.79. The van der Waals surface area contributed by atoms with Gasteiger partial charge in [-0.05, 0) is 49.8 Å². The third kappa shape index (κ3) is 4.93. The lowest BCUT2D eigenvalue weighted by molar-refractivity contribution is -0.148. The van der Waals surface area contributed by atoms with E-state index in [2.05, 4.69) is 10.3 Å². The molecule has 0 spiro atoms. The van der Waals surface area contributed by atoms with E-state index in [-0.39, 0.29) is 0 Å². The average Bonchev–Trinajstić information content (AvgIpc) is 3.06. The van der Waals surface area contributed by atoms with Crippen molar-refractivity contribution in [2.24, 2.45) is 0 Å². The molecule has 5 nitrogen and oxygen atoms in total. The number of carbonyl (C=O) groups is 2. The molecule has 2 aromatic carbocycles. The van der Waals surface area contributed by atoms with E-state index in [0.29, 0.717) is 15.7 Å². The van der Waals surface area contributed by atoms with Crippen LogP contribution < -0.4 is 5.32 Å². The van der Waals surface area contributed by atoms with Gasteiger partial charge in [0.15, 0.2) is 6.10 Å². The number of fused-ring (bicyclic) bond motifs is 1. The maximum atomic E-state index is 12.2. The molecule has 3 aromatic rings. The number of thiazole rings is 1. The summed E-state index contributed by atoms with van der Waals surface area (Å²) in [6, 6.07) is 12.9. The maximum absolute atomic E-state index is 12.2. The summed E-state index contributed by atoms with van der Waals surface area (Å²) >= 11 is 7.41. The Morgan fingerprint density at radius 2 is 2.04 bits per heavy atom. The molecule has 0 aliphatic carbocycles. The Labute approximate surface area is 165 Å². The fourth-order valence-corrected chi connectivity index (χ4v) is 3.37. The topological polar surface area (TPSA) is 68.3 Å². The number of esters is 1. The molecule has 1 N–H and O–H groups in total. The Hall–Kier alpha value is -2.70. The minimum atomic E-state index is -0.948. The highest BCUT2D eigenvalue weighted by Crippen LogP contribution is 2.22. The molecule has 0 saturated carbocycles. The average molecular weight is 401 g/mol. The predicted molar refractivity (Wildman–Crippen MR) is 109 cm³/mol. The third-order valence-corrected chi connectivity index (χ3v) is 5.03. The first-order chi connectivity index (χ1) is 12.9. The van der Waals surface area contributed by atoms with Crippen molar-refractivity contribution in [1.82, 2.24) is 4.98 Å². The lowest BCUT2D eigenvalue weighted by Crippen LogP contribution is -2.29. The predicted octanol–water partition coefficient (Wildman–Crippen LogP) is 4.84. The van der Waals surface area contributed by atoms with Gasteiger partial charge in [-0.2, -0.15) is 0 Å². The number of aromatic nitrogens is 1. The van der Waals surface area contributed by atoms with Crippen LogP contribution in [0.15, 0.2) is 48.5 Å². The second-order valence-corrected chi connectivity index (χ2v) is 7.38. The summed E-state index contributed by atoms with van der Waals surface area (Å²) in [6.07, 6.45) is 1.90. The molecule has 0 fully saturated rings. The number of ether oxygens (including phenoxy) is 1. The normalized spacial score (nSPS) is 12.3. The summed E-state index contributed by atoms with van der Waals surface area (Å²) in [6.45, 7) is 3.36. The molecule has 0 aliphatic rings. The largest absolute Gasteiger partial charge is 0.449 e. The number of amides is 1. The van der Waals surface area contributed by atoms with Crippen LogP contribution in [0.25, 0.3) is 16.3 Å². The number of halogens is 1. The van der Waals surface area contributed by atoms with Crippen molar-refractivity contribution < 1.29 is 14.3 Å². The fourth-order valence-electron chi connectivity index (χ4n) is 2.33. The Kier molecular flexibility index (Phi) is 5.88. The zero-order valence-electron chi connectivity index (χ0n) is 14.7. The number of nitrogens with one attached hydrogen (secondary N) is 1. The molecule has 1 atom stereocenters. The summed E-state index contributed by atoms with van der Waals surface area (Å²) in [5, 5.41) is 3.92. The van der Waals surface area contributed by atoms with E-state index in [0.717, 1.165) is 15.8 Å². The molecule has 1 aromatic heterocycles. The Balaban J connectivity index is 1.59. The zero-order valence-corrected chi connectivity index (χ0v) is 16.3. The van der Waals surface area contributed by atoms with E-state index >= 15 is 0 Å². The Morgan fingerprint density at radius 3 is 2.81 bits per heavy atom. The van der Waals surface area contributed by atoms with Crippen LogP contribution in [0, 0.1) is 6.92 Å². The molecule has 7 heteroatoms. The Morgan fingerprint density at radius 1 is 1.26 bits per heavy atom. The molecule has 0 unspecified atom stereocenters. The number of aryl methyl sites for hydroxylation is 1. The van der Waals surface area contributed by atoms with E-state index in [9.17, 15) is 9.59 Å². The molecule has 3 rings (SSSR count). The van der Waals surface area contributed by atoms with E-state index in [1.807, 2.05) is 31.2 Å². The summed E-state index contributed by atoms with van der Waals surface area (Å²) in [4.78, 5) is 28.6. The van der Waals surface area contributed by atoms with Gasteiger partial charge in [-0.15, -0.1) is 11.3 Å². The Bertz CT molecular complexity index is 996. The van der Waals surface area contributed by atoms with E-state index in [1.54, 1.807) is 24.3 Å². The number of carbonyl (C=O) groups excluding carboxylic acids is 2. The minimum absolute atomic E-state index is 0.429. The van der Waals surface area contributed by atoms with E-state index in [1.165, 1.54) is 24.3 Å². The van der Waals surface area contributed by atoms with Crippen LogP contribution in [0.2, 0.25) is 5.02 Å². The standard InChI is InChI=1S/C20H17ClN2O3S/c1-12-7-8-14(21)11-16(12)23-20(25)13(2)26-19(24)10-9-18-22-15-5-3-4-6-17(15)27-18/h3-11,13H,1-2H3,(H,23,25)/b10-9+/t13-/m1/s1. The zero-order chi connectivity index (χ0) is 19.4. The summed E-state index contributed by atoms with van der Waals surface area (Å²) in [7, 11) is 0. The molecule has 0 bridgehead atoms. The molecule has 0 aliphatic heterocycles.